The highest BCUT2D eigenvalue weighted by Gasteiger charge is 2.27. The van der Waals surface area contributed by atoms with Crippen LogP contribution in [0, 0.1) is 0 Å². The summed E-state index contributed by atoms with van der Waals surface area (Å²) in [5, 5.41) is 3.33. The number of halogens is 1. The molecule has 1 fully saturated rings. The van der Waals surface area contributed by atoms with E-state index >= 15 is 0 Å². The number of amides is 1. The Hall–Kier alpha value is -1.26. The number of nitrogens with zero attached hydrogens (tertiary/aromatic N) is 1. The SMILES string of the molecule is CCN(CCNC(=O)c1ccc(N)c(Cl)c1)C1CC1. The van der Waals surface area contributed by atoms with Crippen LogP contribution in [0.5, 0.6) is 0 Å². The van der Waals surface area contributed by atoms with Gasteiger partial charge in [-0.1, -0.05) is 18.5 Å². The Kier molecular flexibility index (Phi) is 4.66. The van der Waals surface area contributed by atoms with Crippen LogP contribution in [0.3, 0.4) is 0 Å². The molecule has 2 rings (SSSR count). The zero-order chi connectivity index (χ0) is 13.8. The number of nitrogens with two attached hydrogens (primary N) is 1. The van der Waals surface area contributed by atoms with Gasteiger partial charge in [0, 0.05) is 24.7 Å². The van der Waals surface area contributed by atoms with Crippen molar-refractivity contribution >= 4 is 23.2 Å². The lowest BCUT2D eigenvalue weighted by atomic mass is 10.2. The second-order valence-corrected chi connectivity index (χ2v) is 5.26. The number of carbonyl (C=O) groups excluding carboxylic acids is 1. The zero-order valence-corrected chi connectivity index (χ0v) is 11.9. The van der Waals surface area contributed by atoms with Crippen LogP contribution in [0.25, 0.3) is 0 Å². The molecule has 3 N–H and O–H groups in total. The number of hydrogen-bond donors (Lipinski definition) is 2. The van der Waals surface area contributed by atoms with E-state index in [0.29, 0.717) is 22.8 Å². The molecule has 0 aliphatic heterocycles. The van der Waals surface area contributed by atoms with Crippen LogP contribution < -0.4 is 11.1 Å². The largest absolute Gasteiger partial charge is 0.398 e. The normalized spacial score (nSPS) is 14.7. The van der Waals surface area contributed by atoms with Gasteiger partial charge in [0.15, 0.2) is 0 Å². The van der Waals surface area contributed by atoms with Crippen LogP contribution in [0.2, 0.25) is 5.02 Å². The molecule has 5 heteroatoms. The number of likely N-dealkylation sites (N-methyl/N-ethyl adjacent to an activating group) is 1. The number of nitrogen functional groups attached to an aromatic ring is 1. The maximum absolute atomic E-state index is 11.9. The smallest absolute Gasteiger partial charge is 0.251 e. The summed E-state index contributed by atoms with van der Waals surface area (Å²) < 4.78 is 0. The predicted octanol–water partition coefficient (Wildman–Crippen LogP) is 2.14. The highest BCUT2D eigenvalue weighted by atomic mass is 35.5. The molecule has 0 atom stereocenters. The summed E-state index contributed by atoms with van der Waals surface area (Å²) in [5.74, 6) is -0.103. The van der Waals surface area contributed by atoms with Gasteiger partial charge in [0.25, 0.3) is 5.91 Å². The summed E-state index contributed by atoms with van der Waals surface area (Å²) in [4.78, 5) is 14.3. The molecule has 1 aliphatic carbocycles. The Balaban J connectivity index is 1.81. The number of carbonyl (C=O) groups is 1. The van der Waals surface area contributed by atoms with E-state index in [1.807, 2.05) is 0 Å². The van der Waals surface area contributed by atoms with E-state index in [9.17, 15) is 4.79 Å². The third-order valence-electron chi connectivity index (χ3n) is 3.42. The molecule has 0 bridgehead atoms. The van der Waals surface area contributed by atoms with Crippen molar-refractivity contribution in [3.05, 3.63) is 28.8 Å². The van der Waals surface area contributed by atoms with Gasteiger partial charge in [0.05, 0.1) is 10.7 Å². The van der Waals surface area contributed by atoms with Crippen LogP contribution in [0.15, 0.2) is 18.2 Å². The van der Waals surface area contributed by atoms with E-state index in [4.69, 9.17) is 17.3 Å². The second kappa shape index (κ2) is 6.26. The molecule has 0 heterocycles. The maximum Gasteiger partial charge on any atom is 0.251 e. The van der Waals surface area contributed by atoms with Gasteiger partial charge in [-0.3, -0.25) is 9.69 Å². The summed E-state index contributed by atoms with van der Waals surface area (Å²) in [6.45, 7) is 4.74. The summed E-state index contributed by atoms with van der Waals surface area (Å²) in [6.07, 6.45) is 2.57. The first-order chi connectivity index (χ1) is 9.11. The molecule has 4 nitrogen and oxygen atoms in total. The number of nitrogens with one attached hydrogen (secondary N) is 1. The third kappa shape index (κ3) is 3.85. The van der Waals surface area contributed by atoms with Crippen molar-refractivity contribution in [3.8, 4) is 0 Å². The van der Waals surface area contributed by atoms with E-state index in [-0.39, 0.29) is 5.91 Å². The van der Waals surface area contributed by atoms with Gasteiger partial charge in [-0.05, 0) is 37.6 Å². The van der Waals surface area contributed by atoms with Gasteiger partial charge < -0.3 is 11.1 Å². The minimum atomic E-state index is -0.103. The van der Waals surface area contributed by atoms with Crippen molar-refractivity contribution in [1.82, 2.24) is 10.2 Å². The first-order valence-corrected chi connectivity index (χ1v) is 7.07. The van der Waals surface area contributed by atoms with Crippen LogP contribution in [-0.4, -0.2) is 36.5 Å². The molecule has 1 aliphatic rings. The highest BCUT2D eigenvalue weighted by molar-refractivity contribution is 6.33. The van der Waals surface area contributed by atoms with E-state index in [1.165, 1.54) is 12.8 Å². The summed E-state index contributed by atoms with van der Waals surface area (Å²) in [7, 11) is 0. The highest BCUT2D eigenvalue weighted by Crippen LogP contribution is 2.25. The molecule has 0 unspecified atom stereocenters. The van der Waals surface area contributed by atoms with Crippen LogP contribution in [0.4, 0.5) is 5.69 Å². The fourth-order valence-corrected chi connectivity index (χ4v) is 2.30. The number of anilines is 1. The average Bonchev–Trinajstić information content (AvgIpc) is 3.22. The topological polar surface area (TPSA) is 58.4 Å². The third-order valence-corrected chi connectivity index (χ3v) is 3.74. The van der Waals surface area contributed by atoms with Gasteiger partial charge in [-0.2, -0.15) is 0 Å². The second-order valence-electron chi connectivity index (χ2n) is 4.85. The van der Waals surface area contributed by atoms with Crippen LogP contribution in [-0.2, 0) is 0 Å². The Bertz CT molecular complexity index is 460. The van der Waals surface area contributed by atoms with E-state index < -0.39 is 0 Å². The zero-order valence-electron chi connectivity index (χ0n) is 11.2. The minimum Gasteiger partial charge on any atom is -0.398 e. The molecule has 1 aromatic carbocycles. The van der Waals surface area contributed by atoms with E-state index in [0.717, 1.165) is 19.1 Å². The lowest BCUT2D eigenvalue weighted by molar-refractivity contribution is 0.0948. The summed E-state index contributed by atoms with van der Waals surface area (Å²) >= 11 is 5.90. The summed E-state index contributed by atoms with van der Waals surface area (Å²) in [6, 6.07) is 5.67. The minimum absolute atomic E-state index is 0.103. The fourth-order valence-electron chi connectivity index (χ4n) is 2.12. The van der Waals surface area contributed by atoms with Crippen molar-refractivity contribution in [2.24, 2.45) is 0 Å². The van der Waals surface area contributed by atoms with Gasteiger partial charge in [-0.15, -0.1) is 0 Å². The molecule has 1 amide bonds. The van der Waals surface area contributed by atoms with Crippen molar-refractivity contribution in [2.75, 3.05) is 25.4 Å². The number of benzene rings is 1. The van der Waals surface area contributed by atoms with E-state index in [1.54, 1.807) is 18.2 Å². The average molecular weight is 282 g/mol. The Morgan fingerprint density at radius 1 is 1.53 bits per heavy atom. The quantitative estimate of drug-likeness (QED) is 0.786. The van der Waals surface area contributed by atoms with Gasteiger partial charge in [0.1, 0.15) is 0 Å². The maximum atomic E-state index is 11.9. The molecular weight excluding hydrogens is 262 g/mol. The lowest BCUT2D eigenvalue weighted by Crippen LogP contribution is -2.36. The van der Waals surface area contributed by atoms with Crippen LogP contribution >= 0.6 is 11.6 Å². The first-order valence-electron chi connectivity index (χ1n) is 6.69. The van der Waals surface area contributed by atoms with Gasteiger partial charge in [0.2, 0.25) is 0 Å². The fraction of sp³-hybridized carbons (Fsp3) is 0.500. The van der Waals surface area contributed by atoms with Gasteiger partial charge >= 0.3 is 0 Å². The molecule has 0 spiro atoms. The molecule has 0 aromatic heterocycles. The van der Waals surface area contributed by atoms with E-state index in [2.05, 4.69) is 17.1 Å². The lowest BCUT2D eigenvalue weighted by Gasteiger charge is -2.19. The Morgan fingerprint density at radius 2 is 2.26 bits per heavy atom. The monoisotopic (exact) mass is 281 g/mol. The standard InChI is InChI=1S/C14H20ClN3O/c1-2-18(11-4-5-11)8-7-17-14(19)10-3-6-13(16)12(15)9-10/h3,6,9,11H,2,4-5,7-8,16H2,1H3,(H,17,19). The summed E-state index contributed by atoms with van der Waals surface area (Å²) in [5.41, 5.74) is 6.66. The van der Waals surface area contributed by atoms with Crippen molar-refractivity contribution < 1.29 is 4.79 Å². The molecule has 19 heavy (non-hydrogen) atoms. The van der Waals surface area contributed by atoms with Gasteiger partial charge in [-0.25, -0.2) is 0 Å². The van der Waals surface area contributed by atoms with Crippen LogP contribution in [0.1, 0.15) is 30.1 Å². The Morgan fingerprint density at radius 3 is 2.84 bits per heavy atom. The molecule has 104 valence electrons. The predicted molar refractivity (Wildman–Crippen MR) is 78.5 cm³/mol. The molecule has 1 aromatic rings. The molecule has 1 saturated carbocycles. The Labute approximate surface area is 118 Å². The van der Waals surface area contributed by atoms with Crippen molar-refractivity contribution in [1.29, 1.82) is 0 Å². The van der Waals surface area contributed by atoms with Crippen molar-refractivity contribution in [3.63, 3.8) is 0 Å². The molecule has 0 radical (unpaired) electrons. The number of hydrogen-bond acceptors (Lipinski definition) is 3. The first kappa shape index (κ1) is 14.2. The van der Waals surface area contributed by atoms with Crippen molar-refractivity contribution in [2.45, 2.75) is 25.8 Å². The number of rotatable bonds is 6. The molecule has 0 saturated heterocycles. The molecular formula is C14H20ClN3O.